The van der Waals surface area contributed by atoms with Gasteiger partial charge in [0.25, 0.3) is 0 Å². The highest BCUT2D eigenvalue weighted by molar-refractivity contribution is 5.80. The quantitative estimate of drug-likeness (QED) is 0.861. The molecule has 1 aromatic rings. The van der Waals surface area contributed by atoms with Crippen LogP contribution in [0.1, 0.15) is 18.4 Å². The Labute approximate surface area is 107 Å². The van der Waals surface area contributed by atoms with Crippen molar-refractivity contribution in [2.45, 2.75) is 25.4 Å². The Morgan fingerprint density at radius 3 is 2.83 bits per heavy atom. The molecule has 0 aliphatic carbocycles. The second-order valence-corrected chi connectivity index (χ2v) is 4.39. The SMILES string of the molecule is COc1ccc(CCNC(=O)[C@@H]2CCCO2)cc1. The van der Waals surface area contributed by atoms with Crippen LogP contribution in [-0.4, -0.2) is 32.3 Å². The molecule has 1 aliphatic heterocycles. The van der Waals surface area contributed by atoms with Crippen LogP contribution < -0.4 is 10.1 Å². The molecule has 1 aliphatic rings. The lowest BCUT2D eigenvalue weighted by atomic mass is 10.1. The number of amides is 1. The van der Waals surface area contributed by atoms with Crippen LogP contribution in [0.4, 0.5) is 0 Å². The van der Waals surface area contributed by atoms with Crippen LogP contribution in [0.3, 0.4) is 0 Å². The average molecular weight is 249 g/mol. The van der Waals surface area contributed by atoms with E-state index >= 15 is 0 Å². The van der Waals surface area contributed by atoms with E-state index in [9.17, 15) is 4.79 Å². The molecule has 0 unspecified atom stereocenters. The first-order valence-electron chi connectivity index (χ1n) is 6.32. The van der Waals surface area contributed by atoms with Gasteiger partial charge in [0, 0.05) is 13.2 Å². The monoisotopic (exact) mass is 249 g/mol. The van der Waals surface area contributed by atoms with Gasteiger partial charge in [-0.3, -0.25) is 4.79 Å². The van der Waals surface area contributed by atoms with Gasteiger partial charge in [0.05, 0.1) is 7.11 Å². The van der Waals surface area contributed by atoms with Gasteiger partial charge in [-0.1, -0.05) is 12.1 Å². The summed E-state index contributed by atoms with van der Waals surface area (Å²) in [5.41, 5.74) is 1.18. The molecule has 0 saturated carbocycles. The molecule has 0 aromatic heterocycles. The molecule has 0 spiro atoms. The Kier molecular flexibility index (Phi) is 4.59. The molecule has 18 heavy (non-hydrogen) atoms. The Morgan fingerprint density at radius 1 is 1.44 bits per heavy atom. The number of carbonyl (C=O) groups is 1. The molecule has 4 heteroatoms. The van der Waals surface area contributed by atoms with Gasteiger partial charge in [0.2, 0.25) is 5.91 Å². The van der Waals surface area contributed by atoms with Gasteiger partial charge < -0.3 is 14.8 Å². The lowest BCUT2D eigenvalue weighted by molar-refractivity contribution is -0.129. The second-order valence-electron chi connectivity index (χ2n) is 4.39. The third-order valence-electron chi connectivity index (χ3n) is 3.09. The predicted molar refractivity (Wildman–Crippen MR) is 68.7 cm³/mol. The average Bonchev–Trinajstić information content (AvgIpc) is 2.93. The smallest absolute Gasteiger partial charge is 0.249 e. The van der Waals surface area contributed by atoms with Gasteiger partial charge in [-0.25, -0.2) is 0 Å². The highest BCUT2D eigenvalue weighted by Gasteiger charge is 2.22. The third kappa shape index (κ3) is 3.47. The van der Waals surface area contributed by atoms with Crippen LogP contribution >= 0.6 is 0 Å². The molecule has 98 valence electrons. The van der Waals surface area contributed by atoms with E-state index in [2.05, 4.69) is 5.32 Å². The maximum absolute atomic E-state index is 11.7. The maximum Gasteiger partial charge on any atom is 0.249 e. The Bertz CT molecular complexity index is 383. The lowest BCUT2D eigenvalue weighted by Crippen LogP contribution is -2.35. The largest absolute Gasteiger partial charge is 0.497 e. The van der Waals surface area contributed by atoms with Crippen molar-refractivity contribution in [1.82, 2.24) is 5.32 Å². The van der Waals surface area contributed by atoms with Crippen LogP contribution in [-0.2, 0) is 16.0 Å². The van der Waals surface area contributed by atoms with E-state index in [1.54, 1.807) is 7.11 Å². The number of hydrogen-bond donors (Lipinski definition) is 1. The number of methoxy groups -OCH3 is 1. The summed E-state index contributed by atoms with van der Waals surface area (Å²) in [5, 5.41) is 2.91. The van der Waals surface area contributed by atoms with Gasteiger partial charge in [0.1, 0.15) is 11.9 Å². The van der Waals surface area contributed by atoms with E-state index in [1.165, 1.54) is 5.56 Å². The lowest BCUT2D eigenvalue weighted by Gasteiger charge is -2.10. The van der Waals surface area contributed by atoms with Crippen molar-refractivity contribution in [2.24, 2.45) is 0 Å². The molecule has 1 aromatic carbocycles. The highest BCUT2D eigenvalue weighted by Crippen LogP contribution is 2.13. The minimum absolute atomic E-state index is 0.0148. The van der Waals surface area contributed by atoms with Gasteiger partial charge in [-0.2, -0.15) is 0 Å². The van der Waals surface area contributed by atoms with Crippen LogP contribution in [0.2, 0.25) is 0 Å². The molecule has 1 atom stereocenters. The van der Waals surface area contributed by atoms with Gasteiger partial charge in [-0.05, 0) is 37.0 Å². The number of carbonyl (C=O) groups excluding carboxylic acids is 1. The van der Waals surface area contributed by atoms with Crippen molar-refractivity contribution in [3.05, 3.63) is 29.8 Å². The summed E-state index contributed by atoms with van der Waals surface area (Å²) in [6, 6.07) is 7.88. The predicted octanol–water partition coefficient (Wildman–Crippen LogP) is 1.53. The van der Waals surface area contributed by atoms with Crippen molar-refractivity contribution in [3.63, 3.8) is 0 Å². The van der Waals surface area contributed by atoms with Gasteiger partial charge in [-0.15, -0.1) is 0 Å². The first kappa shape index (κ1) is 12.9. The molecule has 4 nitrogen and oxygen atoms in total. The fraction of sp³-hybridized carbons (Fsp3) is 0.500. The number of benzene rings is 1. The fourth-order valence-electron chi connectivity index (χ4n) is 2.02. The minimum Gasteiger partial charge on any atom is -0.497 e. The normalized spacial score (nSPS) is 18.6. The maximum atomic E-state index is 11.7. The number of rotatable bonds is 5. The Balaban J connectivity index is 1.72. The van der Waals surface area contributed by atoms with Crippen molar-refractivity contribution in [3.8, 4) is 5.75 Å². The van der Waals surface area contributed by atoms with E-state index in [0.29, 0.717) is 13.2 Å². The summed E-state index contributed by atoms with van der Waals surface area (Å²) in [4.78, 5) is 11.7. The Hall–Kier alpha value is -1.55. The van der Waals surface area contributed by atoms with E-state index in [1.807, 2.05) is 24.3 Å². The van der Waals surface area contributed by atoms with Gasteiger partial charge in [0.15, 0.2) is 0 Å². The van der Waals surface area contributed by atoms with Crippen molar-refractivity contribution in [2.75, 3.05) is 20.3 Å². The standard InChI is InChI=1S/C14H19NO3/c1-17-12-6-4-11(5-7-12)8-9-15-14(16)13-3-2-10-18-13/h4-7,13H,2-3,8-10H2,1H3,(H,15,16)/t13-/m0/s1. The van der Waals surface area contributed by atoms with E-state index in [0.717, 1.165) is 25.0 Å². The van der Waals surface area contributed by atoms with Crippen molar-refractivity contribution >= 4 is 5.91 Å². The summed E-state index contributed by atoms with van der Waals surface area (Å²) in [6.45, 7) is 1.35. The minimum atomic E-state index is -0.235. The molecule has 2 rings (SSSR count). The zero-order chi connectivity index (χ0) is 12.8. The van der Waals surface area contributed by atoms with Crippen LogP contribution in [0.25, 0.3) is 0 Å². The molecule has 0 bridgehead atoms. The first-order valence-corrected chi connectivity index (χ1v) is 6.32. The summed E-state index contributed by atoms with van der Waals surface area (Å²) >= 11 is 0. The molecule has 1 heterocycles. The zero-order valence-corrected chi connectivity index (χ0v) is 10.6. The van der Waals surface area contributed by atoms with Crippen molar-refractivity contribution in [1.29, 1.82) is 0 Å². The molecular formula is C14H19NO3. The van der Waals surface area contributed by atoms with Gasteiger partial charge >= 0.3 is 0 Å². The number of hydrogen-bond acceptors (Lipinski definition) is 3. The second kappa shape index (κ2) is 6.40. The number of ether oxygens (including phenoxy) is 2. The third-order valence-corrected chi connectivity index (χ3v) is 3.09. The summed E-state index contributed by atoms with van der Waals surface area (Å²) < 4.78 is 10.4. The molecule has 1 fully saturated rings. The summed E-state index contributed by atoms with van der Waals surface area (Å²) in [6.07, 6.45) is 2.41. The Morgan fingerprint density at radius 2 is 2.22 bits per heavy atom. The van der Waals surface area contributed by atoms with Crippen LogP contribution in [0.15, 0.2) is 24.3 Å². The molecular weight excluding hydrogens is 230 g/mol. The molecule has 0 radical (unpaired) electrons. The van der Waals surface area contributed by atoms with E-state index < -0.39 is 0 Å². The summed E-state index contributed by atoms with van der Waals surface area (Å²) in [5.74, 6) is 0.864. The van der Waals surface area contributed by atoms with E-state index in [-0.39, 0.29) is 12.0 Å². The first-order chi connectivity index (χ1) is 8.79. The molecule has 1 amide bonds. The topological polar surface area (TPSA) is 47.6 Å². The molecule has 1 N–H and O–H groups in total. The van der Waals surface area contributed by atoms with E-state index in [4.69, 9.17) is 9.47 Å². The summed E-state index contributed by atoms with van der Waals surface area (Å²) in [7, 11) is 1.65. The molecule has 1 saturated heterocycles. The van der Waals surface area contributed by atoms with Crippen LogP contribution in [0, 0.1) is 0 Å². The van der Waals surface area contributed by atoms with Crippen LogP contribution in [0.5, 0.6) is 5.75 Å². The van der Waals surface area contributed by atoms with Crippen molar-refractivity contribution < 1.29 is 14.3 Å². The fourth-order valence-corrected chi connectivity index (χ4v) is 2.02. The number of nitrogens with one attached hydrogen (secondary N) is 1. The highest BCUT2D eigenvalue weighted by atomic mass is 16.5. The zero-order valence-electron chi connectivity index (χ0n) is 10.6.